The second-order valence-corrected chi connectivity index (χ2v) is 6.54. The van der Waals surface area contributed by atoms with E-state index in [0.29, 0.717) is 13.0 Å². The number of hydrogen-bond acceptors (Lipinski definition) is 4. The first-order valence-electron chi connectivity index (χ1n) is 7.72. The van der Waals surface area contributed by atoms with E-state index in [4.69, 9.17) is 4.74 Å². The third kappa shape index (κ3) is 4.05. The largest absolute Gasteiger partial charge is 0.488 e. The molecule has 0 fully saturated rings. The summed E-state index contributed by atoms with van der Waals surface area (Å²) >= 11 is 1.68. The summed E-state index contributed by atoms with van der Waals surface area (Å²) in [6.45, 7) is 0.560. The van der Waals surface area contributed by atoms with Gasteiger partial charge in [0.05, 0.1) is 6.54 Å². The van der Waals surface area contributed by atoms with Crippen molar-refractivity contribution in [2.75, 3.05) is 18.6 Å². The minimum Gasteiger partial charge on any atom is -0.488 e. The molecule has 0 saturated heterocycles. The number of pyridine rings is 1. The highest BCUT2D eigenvalue weighted by Crippen LogP contribution is 2.32. The van der Waals surface area contributed by atoms with Gasteiger partial charge in [-0.2, -0.15) is 11.8 Å². The van der Waals surface area contributed by atoms with Gasteiger partial charge in [-0.15, -0.1) is 0 Å². The van der Waals surface area contributed by atoms with Crippen molar-refractivity contribution in [3.05, 3.63) is 48.3 Å². The fourth-order valence-corrected chi connectivity index (χ4v) is 3.05. The van der Waals surface area contributed by atoms with E-state index in [1.165, 1.54) is 5.56 Å². The fraction of sp³-hybridized carbons (Fsp3) is 0.333. The van der Waals surface area contributed by atoms with E-state index in [1.807, 2.05) is 30.7 Å². The summed E-state index contributed by atoms with van der Waals surface area (Å²) in [5, 5.41) is 2.95. The molecule has 2 heterocycles. The number of ether oxygens (including phenoxy) is 1. The predicted molar refractivity (Wildman–Crippen MR) is 93.8 cm³/mol. The monoisotopic (exact) mass is 328 g/mol. The van der Waals surface area contributed by atoms with E-state index in [1.54, 1.807) is 18.0 Å². The average molecular weight is 328 g/mol. The molecule has 2 aromatic rings. The van der Waals surface area contributed by atoms with Crippen LogP contribution in [-0.4, -0.2) is 35.5 Å². The number of carbonyl (C=O) groups excluding carboxylic acids is 1. The first-order chi connectivity index (χ1) is 11.3. The van der Waals surface area contributed by atoms with E-state index in [2.05, 4.69) is 22.4 Å². The first kappa shape index (κ1) is 15.9. The van der Waals surface area contributed by atoms with Gasteiger partial charge >= 0.3 is 0 Å². The van der Waals surface area contributed by atoms with Crippen LogP contribution in [0.3, 0.4) is 0 Å². The van der Waals surface area contributed by atoms with Crippen molar-refractivity contribution in [1.82, 2.24) is 10.3 Å². The highest BCUT2D eigenvalue weighted by atomic mass is 32.2. The lowest BCUT2D eigenvalue weighted by Gasteiger charge is -2.11. The number of nitrogens with zero attached hydrogens (tertiary/aromatic N) is 1. The first-order valence-corrected chi connectivity index (χ1v) is 9.11. The normalized spacial score (nSPS) is 15.8. The second kappa shape index (κ2) is 7.51. The molecule has 0 radical (unpaired) electrons. The van der Waals surface area contributed by atoms with Crippen LogP contribution in [0.4, 0.5) is 0 Å². The summed E-state index contributed by atoms with van der Waals surface area (Å²) in [5.74, 6) is 1.86. The number of nitrogens with one attached hydrogen (secondary N) is 1. The van der Waals surface area contributed by atoms with Crippen molar-refractivity contribution in [3.8, 4) is 16.9 Å². The Bertz CT molecular complexity index is 676. The van der Waals surface area contributed by atoms with E-state index in [-0.39, 0.29) is 12.0 Å². The molecule has 1 aromatic carbocycles. The van der Waals surface area contributed by atoms with Crippen LogP contribution in [0.2, 0.25) is 0 Å². The van der Waals surface area contributed by atoms with Crippen molar-refractivity contribution in [2.45, 2.75) is 18.9 Å². The maximum atomic E-state index is 11.7. The van der Waals surface area contributed by atoms with Crippen molar-refractivity contribution >= 4 is 17.7 Å². The number of rotatable bonds is 6. The quantitative estimate of drug-likeness (QED) is 0.886. The van der Waals surface area contributed by atoms with Gasteiger partial charge in [0, 0.05) is 36.6 Å². The lowest BCUT2D eigenvalue weighted by atomic mass is 10.0. The Morgan fingerprint density at radius 3 is 3.09 bits per heavy atom. The summed E-state index contributed by atoms with van der Waals surface area (Å²) in [6, 6.07) is 10.2. The lowest BCUT2D eigenvalue weighted by Crippen LogP contribution is -2.34. The molecule has 1 atom stereocenters. The zero-order valence-corrected chi connectivity index (χ0v) is 13.9. The zero-order chi connectivity index (χ0) is 16.1. The standard InChI is InChI=1S/C18H20N2O2S/c1-23-8-6-18(21)20-12-16-10-15-9-13(4-5-17(15)22-16)14-3-2-7-19-11-14/h2-5,7,9,11,16H,6,8,10,12H2,1H3,(H,20,21)/t16-/m0/s1. The van der Waals surface area contributed by atoms with Crippen LogP contribution in [0.1, 0.15) is 12.0 Å². The second-order valence-electron chi connectivity index (χ2n) is 5.56. The van der Waals surface area contributed by atoms with Gasteiger partial charge in [0.15, 0.2) is 0 Å². The maximum Gasteiger partial charge on any atom is 0.220 e. The highest BCUT2D eigenvalue weighted by Gasteiger charge is 2.23. The van der Waals surface area contributed by atoms with Crippen LogP contribution >= 0.6 is 11.8 Å². The molecule has 120 valence electrons. The van der Waals surface area contributed by atoms with E-state index in [0.717, 1.165) is 29.1 Å². The van der Waals surface area contributed by atoms with Crippen LogP contribution in [0.15, 0.2) is 42.7 Å². The van der Waals surface area contributed by atoms with E-state index in [9.17, 15) is 4.79 Å². The van der Waals surface area contributed by atoms with Crippen molar-refractivity contribution in [2.24, 2.45) is 0 Å². The molecule has 0 aliphatic carbocycles. The Kier molecular flexibility index (Phi) is 5.18. The van der Waals surface area contributed by atoms with Gasteiger partial charge in [0.1, 0.15) is 11.9 Å². The number of fused-ring (bicyclic) bond motifs is 1. The number of hydrogen-bond donors (Lipinski definition) is 1. The summed E-state index contributed by atoms with van der Waals surface area (Å²) in [4.78, 5) is 15.8. The summed E-state index contributed by atoms with van der Waals surface area (Å²) in [7, 11) is 0. The van der Waals surface area contributed by atoms with Gasteiger partial charge in [-0.05, 0) is 35.6 Å². The molecule has 0 bridgehead atoms. The zero-order valence-electron chi connectivity index (χ0n) is 13.1. The Balaban J connectivity index is 1.60. The van der Waals surface area contributed by atoms with Crippen LogP contribution in [0.25, 0.3) is 11.1 Å². The molecule has 1 amide bonds. The molecule has 23 heavy (non-hydrogen) atoms. The number of amides is 1. The van der Waals surface area contributed by atoms with Gasteiger partial charge in [-0.1, -0.05) is 12.1 Å². The topological polar surface area (TPSA) is 51.2 Å². The summed E-state index contributed by atoms with van der Waals surface area (Å²) in [5.41, 5.74) is 3.43. The van der Waals surface area contributed by atoms with E-state index >= 15 is 0 Å². The third-order valence-corrected chi connectivity index (χ3v) is 4.47. The molecule has 0 saturated carbocycles. The molecule has 0 spiro atoms. The average Bonchev–Trinajstić information content (AvgIpc) is 3.01. The van der Waals surface area contributed by atoms with Crippen LogP contribution < -0.4 is 10.1 Å². The molecule has 3 rings (SSSR count). The van der Waals surface area contributed by atoms with Gasteiger partial charge < -0.3 is 10.1 Å². The van der Waals surface area contributed by atoms with Crippen molar-refractivity contribution in [1.29, 1.82) is 0 Å². The van der Waals surface area contributed by atoms with Crippen LogP contribution in [0.5, 0.6) is 5.75 Å². The molecule has 0 unspecified atom stereocenters. The Morgan fingerprint density at radius 1 is 1.39 bits per heavy atom. The van der Waals surface area contributed by atoms with Crippen LogP contribution in [0, 0.1) is 0 Å². The SMILES string of the molecule is CSCCC(=O)NC[C@@H]1Cc2cc(-c3cccnc3)ccc2O1. The molecule has 1 aliphatic heterocycles. The maximum absolute atomic E-state index is 11.7. The molecule has 1 aromatic heterocycles. The number of thioether (sulfide) groups is 1. The van der Waals surface area contributed by atoms with E-state index < -0.39 is 0 Å². The summed E-state index contributed by atoms with van der Waals surface area (Å²) < 4.78 is 5.92. The highest BCUT2D eigenvalue weighted by molar-refractivity contribution is 7.98. The molecule has 1 N–H and O–H groups in total. The minimum atomic E-state index is 0.0207. The van der Waals surface area contributed by atoms with Gasteiger partial charge in [-0.3, -0.25) is 9.78 Å². The Hall–Kier alpha value is -2.01. The molecule has 4 nitrogen and oxygen atoms in total. The van der Waals surface area contributed by atoms with Crippen molar-refractivity contribution in [3.63, 3.8) is 0 Å². The summed E-state index contributed by atoms with van der Waals surface area (Å²) in [6.07, 6.45) is 7.05. The minimum absolute atomic E-state index is 0.0207. The molecular weight excluding hydrogens is 308 g/mol. The third-order valence-electron chi connectivity index (χ3n) is 3.86. The number of carbonyl (C=O) groups is 1. The van der Waals surface area contributed by atoms with Crippen molar-refractivity contribution < 1.29 is 9.53 Å². The molecule has 5 heteroatoms. The Morgan fingerprint density at radius 2 is 2.30 bits per heavy atom. The molecular formula is C18H20N2O2S. The lowest BCUT2D eigenvalue weighted by molar-refractivity contribution is -0.121. The van der Waals surface area contributed by atoms with Gasteiger partial charge in [0.25, 0.3) is 0 Å². The van der Waals surface area contributed by atoms with Gasteiger partial charge in [-0.25, -0.2) is 0 Å². The van der Waals surface area contributed by atoms with Crippen LogP contribution in [-0.2, 0) is 11.2 Å². The Labute approximate surface area is 140 Å². The number of benzene rings is 1. The smallest absolute Gasteiger partial charge is 0.220 e. The fourth-order valence-electron chi connectivity index (χ4n) is 2.66. The molecule has 1 aliphatic rings. The number of aromatic nitrogens is 1. The predicted octanol–water partition coefficient (Wildman–Crippen LogP) is 2.92. The van der Waals surface area contributed by atoms with Gasteiger partial charge in [0.2, 0.25) is 5.91 Å².